The first kappa shape index (κ1) is 12.3. The first-order valence-corrected chi connectivity index (χ1v) is 6.56. The van der Waals surface area contributed by atoms with Crippen molar-refractivity contribution in [3.8, 4) is 0 Å². The maximum absolute atomic E-state index is 11.5. The van der Waals surface area contributed by atoms with Gasteiger partial charge in [0.2, 0.25) is 0 Å². The SMILES string of the molecule is CC(C)C(=O)OCOC1C2O[NH+]([O-])C3C[C@@H]1CC23. The second-order valence-corrected chi connectivity index (χ2v) is 5.77. The van der Waals surface area contributed by atoms with E-state index in [2.05, 4.69) is 0 Å². The van der Waals surface area contributed by atoms with Crippen LogP contribution >= 0.6 is 0 Å². The largest absolute Gasteiger partial charge is 0.600 e. The molecule has 1 aliphatic heterocycles. The van der Waals surface area contributed by atoms with Crippen LogP contribution in [-0.2, 0) is 19.1 Å². The van der Waals surface area contributed by atoms with Crippen LogP contribution in [0.15, 0.2) is 0 Å². The number of carbonyl (C=O) groups is 1. The molecule has 2 saturated carbocycles. The zero-order valence-corrected chi connectivity index (χ0v) is 10.6. The van der Waals surface area contributed by atoms with Crippen molar-refractivity contribution in [2.75, 3.05) is 6.79 Å². The molecule has 2 aliphatic carbocycles. The first-order chi connectivity index (χ1) is 8.58. The normalized spacial score (nSPS) is 44.9. The van der Waals surface area contributed by atoms with Crippen LogP contribution in [-0.4, -0.2) is 31.0 Å². The summed E-state index contributed by atoms with van der Waals surface area (Å²) in [4.78, 5) is 16.7. The number of hydrogen-bond donors (Lipinski definition) is 1. The van der Waals surface area contributed by atoms with Gasteiger partial charge in [-0.2, -0.15) is 4.84 Å². The van der Waals surface area contributed by atoms with Crippen LogP contribution in [0.25, 0.3) is 0 Å². The predicted octanol–water partition coefficient (Wildman–Crippen LogP) is -0.367. The Labute approximate surface area is 106 Å². The van der Waals surface area contributed by atoms with E-state index in [1.54, 1.807) is 13.8 Å². The molecule has 3 rings (SSSR count). The highest BCUT2D eigenvalue weighted by atomic mass is 16.9. The van der Waals surface area contributed by atoms with Gasteiger partial charge in [0, 0.05) is 12.3 Å². The molecule has 0 aromatic rings. The number of ether oxygens (including phenoxy) is 2. The van der Waals surface area contributed by atoms with E-state index in [9.17, 15) is 10.0 Å². The Balaban J connectivity index is 1.52. The summed E-state index contributed by atoms with van der Waals surface area (Å²) in [6, 6.07) is 0.0954. The van der Waals surface area contributed by atoms with Gasteiger partial charge in [0.05, 0.1) is 12.0 Å². The topological polar surface area (TPSA) is 72.3 Å². The Bertz CT molecular complexity index is 347. The summed E-state index contributed by atoms with van der Waals surface area (Å²) in [5.41, 5.74) is 0. The van der Waals surface area contributed by atoms with Crippen molar-refractivity contribution in [2.45, 2.75) is 44.9 Å². The Morgan fingerprint density at radius 1 is 1.50 bits per heavy atom. The minimum absolute atomic E-state index is 0.0381. The van der Waals surface area contributed by atoms with Crippen LogP contribution in [0, 0.1) is 23.0 Å². The number of hydrogen-bond acceptors (Lipinski definition) is 5. The molecule has 0 aromatic heterocycles. The Hall–Kier alpha value is -0.690. The van der Waals surface area contributed by atoms with E-state index in [4.69, 9.17) is 14.3 Å². The summed E-state index contributed by atoms with van der Waals surface area (Å²) in [6.45, 7) is 3.52. The van der Waals surface area contributed by atoms with Gasteiger partial charge in [0.15, 0.2) is 12.9 Å². The summed E-state index contributed by atoms with van der Waals surface area (Å²) < 4.78 is 10.6. The lowest BCUT2D eigenvalue weighted by Gasteiger charge is -2.23. The van der Waals surface area contributed by atoms with Crippen molar-refractivity contribution >= 4 is 5.97 Å². The molecule has 102 valence electrons. The van der Waals surface area contributed by atoms with Crippen LogP contribution < -0.4 is 5.23 Å². The smallest absolute Gasteiger partial charge is 0.310 e. The van der Waals surface area contributed by atoms with E-state index in [0.29, 0.717) is 11.8 Å². The van der Waals surface area contributed by atoms with Gasteiger partial charge in [-0.25, -0.2) is 5.23 Å². The molecule has 6 nitrogen and oxygen atoms in total. The molecule has 1 heterocycles. The lowest BCUT2D eigenvalue weighted by molar-refractivity contribution is -1.06. The lowest BCUT2D eigenvalue weighted by Crippen LogP contribution is -3.08. The van der Waals surface area contributed by atoms with Gasteiger partial charge in [0.25, 0.3) is 0 Å². The summed E-state index contributed by atoms with van der Waals surface area (Å²) in [5, 5.41) is 11.5. The van der Waals surface area contributed by atoms with Crippen molar-refractivity contribution in [1.82, 2.24) is 0 Å². The van der Waals surface area contributed by atoms with Crippen LogP contribution in [0.5, 0.6) is 0 Å². The van der Waals surface area contributed by atoms with E-state index in [0.717, 1.165) is 12.8 Å². The van der Waals surface area contributed by atoms with Crippen LogP contribution in [0.2, 0.25) is 0 Å². The molecule has 3 aliphatic rings. The zero-order chi connectivity index (χ0) is 12.9. The maximum atomic E-state index is 11.5. The number of nitrogens with one attached hydrogen (secondary N) is 1. The minimum atomic E-state index is -0.264. The predicted molar refractivity (Wildman–Crippen MR) is 59.9 cm³/mol. The molecule has 2 bridgehead atoms. The van der Waals surface area contributed by atoms with Gasteiger partial charge in [-0.3, -0.25) is 4.79 Å². The maximum Gasteiger partial charge on any atom is 0.310 e. The van der Waals surface area contributed by atoms with Crippen molar-refractivity contribution in [1.29, 1.82) is 0 Å². The summed E-state index contributed by atoms with van der Waals surface area (Å²) in [6.07, 6.45) is 1.67. The molecule has 0 aromatic carbocycles. The van der Waals surface area contributed by atoms with Crippen molar-refractivity contribution < 1.29 is 24.3 Å². The second kappa shape index (κ2) is 4.45. The van der Waals surface area contributed by atoms with E-state index in [1.165, 1.54) is 0 Å². The molecule has 1 N–H and O–H groups in total. The van der Waals surface area contributed by atoms with Gasteiger partial charge in [0.1, 0.15) is 6.04 Å². The summed E-state index contributed by atoms with van der Waals surface area (Å²) in [5.74, 6) is 0.296. The van der Waals surface area contributed by atoms with E-state index < -0.39 is 0 Å². The number of quaternary nitrogens is 1. The van der Waals surface area contributed by atoms with E-state index >= 15 is 0 Å². The third-order valence-corrected chi connectivity index (χ3v) is 4.35. The molecular formula is C12H19NO5. The quantitative estimate of drug-likeness (QED) is 0.423. The average molecular weight is 257 g/mol. The molecule has 0 spiro atoms. The number of carbonyl (C=O) groups excluding carboxylic acids is 1. The first-order valence-electron chi connectivity index (χ1n) is 6.56. The monoisotopic (exact) mass is 257 g/mol. The van der Waals surface area contributed by atoms with Gasteiger partial charge >= 0.3 is 5.97 Å². The fourth-order valence-corrected chi connectivity index (χ4v) is 3.47. The lowest BCUT2D eigenvalue weighted by atomic mass is 9.92. The van der Waals surface area contributed by atoms with Gasteiger partial charge < -0.3 is 14.7 Å². The Morgan fingerprint density at radius 2 is 2.28 bits per heavy atom. The average Bonchev–Trinajstić information content (AvgIpc) is 2.92. The molecule has 5 unspecified atom stereocenters. The zero-order valence-electron chi connectivity index (χ0n) is 10.6. The van der Waals surface area contributed by atoms with Gasteiger partial charge in [-0.05, 0) is 12.3 Å². The number of rotatable bonds is 4. The van der Waals surface area contributed by atoms with E-state index in [-0.39, 0.29) is 42.2 Å². The number of hydroxylamine groups is 2. The van der Waals surface area contributed by atoms with Crippen molar-refractivity contribution in [3.63, 3.8) is 0 Å². The molecule has 0 radical (unpaired) electrons. The molecule has 6 heteroatoms. The van der Waals surface area contributed by atoms with Crippen LogP contribution in [0.3, 0.4) is 0 Å². The second-order valence-electron chi connectivity index (χ2n) is 5.77. The van der Waals surface area contributed by atoms with Crippen molar-refractivity contribution in [2.24, 2.45) is 17.8 Å². The fraction of sp³-hybridized carbons (Fsp3) is 0.917. The van der Waals surface area contributed by atoms with Crippen LogP contribution in [0.4, 0.5) is 0 Å². The Morgan fingerprint density at radius 3 is 3.00 bits per heavy atom. The Kier molecular flexibility index (Phi) is 3.05. The van der Waals surface area contributed by atoms with Gasteiger partial charge in [-0.1, -0.05) is 13.8 Å². The standard InChI is InChI=1S/C12H19NO5/c1-6(2)12(14)17-5-16-10-7-3-8-9(4-7)13(15)18-11(8)10/h6-11,13H,3-5H2,1-2H3/t7-,8?,9?,10?,11?/m0/s1. The molecule has 0 amide bonds. The number of esters is 1. The molecule has 18 heavy (non-hydrogen) atoms. The molecule has 1 saturated heterocycles. The van der Waals surface area contributed by atoms with Crippen molar-refractivity contribution in [3.05, 3.63) is 5.21 Å². The highest BCUT2D eigenvalue weighted by Crippen LogP contribution is 2.48. The van der Waals surface area contributed by atoms with Crippen LogP contribution in [0.1, 0.15) is 26.7 Å². The fourth-order valence-electron chi connectivity index (χ4n) is 3.47. The number of fused-ring (bicyclic) bond motifs is 1. The molecular weight excluding hydrogens is 238 g/mol. The highest BCUT2D eigenvalue weighted by Gasteiger charge is 2.63. The third kappa shape index (κ3) is 1.84. The summed E-state index contributed by atoms with van der Waals surface area (Å²) in [7, 11) is 0. The molecule has 3 fully saturated rings. The van der Waals surface area contributed by atoms with E-state index in [1.807, 2.05) is 0 Å². The third-order valence-electron chi connectivity index (χ3n) is 4.35. The van der Waals surface area contributed by atoms with Gasteiger partial charge in [-0.15, -0.1) is 0 Å². The highest BCUT2D eigenvalue weighted by molar-refractivity contribution is 5.71. The minimum Gasteiger partial charge on any atom is -0.600 e. The molecule has 6 atom stereocenters. The summed E-state index contributed by atoms with van der Waals surface area (Å²) >= 11 is 0.